The molecule has 1 unspecified atom stereocenters. The number of nitrogens with two attached hydrogens (primary N) is 1. The molecule has 0 saturated carbocycles. The maximum Gasteiger partial charge on any atom is 0.291 e. The minimum Gasteiger partial charge on any atom is -0.382 e. The molecule has 0 aliphatic carbocycles. The first-order valence-electron chi connectivity index (χ1n) is 11.4. The lowest BCUT2D eigenvalue weighted by Crippen LogP contribution is -2.33. The topological polar surface area (TPSA) is 144 Å². The van der Waals surface area contributed by atoms with E-state index in [1.807, 2.05) is 49.3 Å². The van der Waals surface area contributed by atoms with Crippen LogP contribution in [0, 0.1) is 28.6 Å². The average Bonchev–Trinajstić information content (AvgIpc) is 3.20. The molecule has 1 aliphatic heterocycles. The lowest BCUT2D eigenvalue weighted by molar-refractivity contribution is -0.118. The van der Waals surface area contributed by atoms with E-state index in [4.69, 9.17) is 5.73 Å². The number of benzene rings is 2. The molecule has 2 heterocycles. The molecule has 1 aliphatic rings. The summed E-state index contributed by atoms with van der Waals surface area (Å²) in [7, 11) is 3.77. The van der Waals surface area contributed by atoms with Crippen molar-refractivity contribution in [2.45, 2.75) is 13.8 Å². The predicted molar refractivity (Wildman–Crippen MR) is 143 cm³/mol. The van der Waals surface area contributed by atoms with E-state index in [-0.39, 0.29) is 34.1 Å². The van der Waals surface area contributed by atoms with Crippen LogP contribution in [-0.4, -0.2) is 36.1 Å². The third kappa shape index (κ3) is 4.32. The molecule has 184 valence electrons. The molecule has 3 aromatic rings. The van der Waals surface area contributed by atoms with E-state index in [2.05, 4.69) is 10.2 Å². The molecule has 1 atom stereocenters. The summed E-state index contributed by atoms with van der Waals surface area (Å²) >= 11 is 0. The van der Waals surface area contributed by atoms with Crippen LogP contribution in [0.2, 0.25) is 0 Å². The fourth-order valence-electron chi connectivity index (χ4n) is 4.23. The van der Waals surface area contributed by atoms with Crippen molar-refractivity contribution in [3.05, 3.63) is 76.1 Å². The Morgan fingerprint density at radius 1 is 1.03 bits per heavy atom. The van der Waals surface area contributed by atoms with Crippen molar-refractivity contribution in [2.75, 3.05) is 29.7 Å². The number of pyridine rings is 1. The van der Waals surface area contributed by atoms with E-state index < -0.39 is 11.5 Å². The van der Waals surface area contributed by atoms with Gasteiger partial charge in [0.2, 0.25) is 0 Å². The van der Waals surface area contributed by atoms with E-state index in [0.29, 0.717) is 17.0 Å². The van der Waals surface area contributed by atoms with Gasteiger partial charge in [-0.25, -0.2) is 0 Å². The summed E-state index contributed by atoms with van der Waals surface area (Å²) in [6.45, 7) is 3.27. The van der Waals surface area contributed by atoms with Crippen LogP contribution in [-0.2, 0) is 4.79 Å². The smallest absolute Gasteiger partial charge is 0.291 e. The fourth-order valence-corrected chi connectivity index (χ4v) is 4.23. The Balaban J connectivity index is 1.82. The number of hydrogen-bond donors (Lipinski definition) is 1. The molecule has 1 aromatic heterocycles. The lowest BCUT2D eigenvalue weighted by atomic mass is 9.96. The Morgan fingerprint density at radius 2 is 1.65 bits per heavy atom. The fraction of sp³-hybridized carbons (Fsp3) is 0.185. The van der Waals surface area contributed by atoms with Gasteiger partial charge in [-0.2, -0.15) is 30.4 Å². The van der Waals surface area contributed by atoms with Crippen LogP contribution in [0.4, 0.5) is 17.2 Å². The number of aromatic nitrogens is 1. The van der Waals surface area contributed by atoms with Gasteiger partial charge in [0, 0.05) is 25.3 Å². The van der Waals surface area contributed by atoms with E-state index in [1.165, 1.54) is 5.01 Å². The highest BCUT2D eigenvalue weighted by Crippen LogP contribution is 2.31. The van der Waals surface area contributed by atoms with Crippen molar-refractivity contribution < 1.29 is 4.79 Å². The lowest BCUT2D eigenvalue weighted by Gasteiger charge is -2.17. The Kier molecular flexibility index (Phi) is 6.59. The van der Waals surface area contributed by atoms with Gasteiger partial charge in [0.15, 0.2) is 0 Å². The van der Waals surface area contributed by atoms with Gasteiger partial charge >= 0.3 is 0 Å². The molecule has 1 amide bonds. The van der Waals surface area contributed by atoms with Crippen LogP contribution in [0.1, 0.15) is 25.0 Å². The first-order chi connectivity index (χ1) is 17.7. The van der Waals surface area contributed by atoms with Crippen LogP contribution in [0.25, 0.3) is 11.1 Å². The number of hydrazone groups is 1. The molecule has 0 bridgehead atoms. The van der Waals surface area contributed by atoms with Crippen LogP contribution in [0.5, 0.6) is 0 Å². The summed E-state index contributed by atoms with van der Waals surface area (Å²) in [6.07, 6.45) is 0. The van der Waals surface area contributed by atoms with Crippen molar-refractivity contribution in [1.29, 1.82) is 10.5 Å². The molecule has 0 radical (unpaired) electrons. The quantitative estimate of drug-likeness (QED) is 0.542. The summed E-state index contributed by atoms with van der Waals surface area (Å²) in [6, 6.07) is 19.9. The van der Waals surface area contributed by atoms with Gasteiger partial charge in [-0.3, -0.25) is 9.59 Å². The number of amides is 1. The summed E-state index contributed by atoms with van der Waals surface area (Å²) in [5.41, 5.74) is 8.03. The summed E-state index contributed by atoms with van der Waals surface area (Å²) in [5, 5.41) is 29.8. The number of hydrogen-bond acceptors (Lipinski definition) is 8. The summed E-state index contributed by atoms with van der Waals surface area (Å²) in [4.78, 5) is 28.5. The van der Waals surface area contributed by atoms with Crippen molar-refractivity contribution in [3.63, 3.8) is 0 Å². The average molecular weight is 493 g/mol. The molecule has 0 fully saturated rings. The SMILES string of the molecule is CC1=NN(c2ccccc2)C(=O)C1/C(C)=N/n1c(N)c(C#N)c(-c2ccc(N(C)C)cc2)c(C#N)c1=O. The molecule has 0 spiro atoms. The predicted octanol–water partition coefficient (Wildman–Crippen LogP) is 3.17. The Hall–Kier alpha value is -5.22. The maximum atomic E-state index is 13.4. The highest BCUT2D eigenvalue weighted by molar-refractivity contribution is 6.27. The minimum atomic E-state index is -0.833. The van der Waals surface area contributed by atoms with Crippen LogP contribution >= 0.6 is 0 Å². The number of anilines is 3. The zero-order chi connectivity index (χ0) is 26.9. The standard InChI is InChI=1S/C27H24N8O2/c1-16-23(27(37)34(31-16)20-8-6-5-7-9-20)17(2)32-35-25(30)21(14-28)24(22(15-29)26(35)36)18-10-12-19(13-11-18)33(3)4/h5-13,23H,30H2,1-4H3/b32-17+. The largest absolute Gasteiger partial charge is 0.382 e. The normalized spacial score (nSPS) is 15.2. The van der Waals surface area contributed by atoms with E-state index in [1.54, 1.807) is 50.2 Å². The number of rotatable bonds is 5. The number of nitriles is 2. The van der Waals surface area contributed by atoms with Gasteiger partial charge in [0.05, 0.1) is 17.1 Å². The molecule has 0 saturated heterocycles. The minimum absolute atomic E-state index is 0.0562. The number of carbonyl (C=O) groups is 1. The number of para-hydroxylation sites is 1. The molecule has 37 heavy (non-hydrogen) atoms. The van der Waals surface area contributed by atoms with Gasteiger partial charge in [0.1, 0.15) is 35.0 Å². The van der Waals surface area contributed by atoms with Crippen LogP contribution in [0.3, 0.4) is 0 Å². The third-order valence-electron chi connectivity index (χ3n) is 6.09. The summed E-state index contributed by atoms with van der Waals surface area (Å²) < 4.78 is 0.815. The second kappa shape index (κ2) is 9.80. The molecular formula is C27H24N8O2. The second-order valence-electron chi connectivity index (χ2n) is 8.69. The van der Waals surface area contributed by atoms with Crippen molar-refractivity contribution in [3.8, 4) is 23.3 Å². The highest BCUT2D eigenvalue weighted by Gasteiger charge is 2.37. The highest BCUT2D eigenvalue weighted by atomic mass is 16.2. The second-order valence-corrected chi connectivity index (χ2v) is 8.69. The van der Waals surface area contributed by atoms with Gasteiger partial charge < -0.3 is 10.6 Å². The summed E-state index contributed by atoms with van der Waals surface area (Å²) in [5.74, 6) is -1.39. The number of nitrogen functional groups attached to an aromatic ring is 1. The van der Waals surface area contributed by atoms with Crippen molar-refractivity contribution in [2.24, 2.45) is 16.1 Å². The van der Waals surface area contributed by atoms with Crippen molar-refractivity contribution in [1.82, 2.24) is 4.68 Å². The molecule has 2 N–H and O–H groups in total. The van der Waals surface area contributed by atoms with E-state index >= 15 is 0 Å². The zero-order valence-corrected chi connectivity index (χ0v) is 20.8. The van der Waals surface area contributed by atoms with E-state index in [0.717, 1.165) is 10.4 Å². The molecule has 4 rings (SSSR count). The van der Waals surface area contributed by atoms with Gasteiger partial charge in [-0.15, -0.1) is 0 Å². The van der Waals surface area contributed by atoms with E-state index in [9.17, 15) is 20.1 Å². The van der Waals surface area contributed by atoms with Crippen LogP contribution in [0.15, 0.2) is 69.6 Å². The molecule has 2 aromatic carbocycles. The van der Waals surface area contributed by atoms with Crippen molar-refractivity contribution >= 4 is 34.5 Å². The first kappa shape index (κ1) is 24.9. The Labute approximate surface area is 213 Å². The Morgan fingerprint density at radius 3 is 2.22 bits per heavy atom. The monoisotopic (exact) mass is 492 g/mol. The number of carbonyl (C=O) groups excluding carboxylic acids is 1. The molecule has 10 nitrogen and oxygen atoms in total. The van der Waals surface area contributed by atoms with Crippen LogP contribution < -0.4 is 21.2 Å². The number of nitrogens with zero attached hydrogens (tertiary/aromatic N) is 7. The Bertz CT molecular complexity index is 1590. The first-order valence-corrected chi connectivity index (χ1v) is 11.4. The third-order valence-corrected chi connectivity index (χ3v) is 6.09. The zero-order valence-electron chi connectivity index (χ0n) is 20.8. The maximum absolute atomic E-state index is 13.4. The van der Waals surface area contributed by atoms with Gasteiger partial charge in [0.25, 0.3) is 11.5 Å². The molecular weight excluding hydrogens is 468 g/mol. The van der Waals surface area contributed by atoms with Gasteiger partial charge in [-0.05, 0) is 43.7 Å². The molecule has 10 heteroatoms. The van der Waals surface area contributed by atoms with Gasteiger partial charge in [-0.1, -0.05) is 30.3 Å².